The summed E-state index contributed by atoms with van der Waals surface area (Å²) in [6.07, 6.45) is 5.64. The second kappa shape index (κ2) is 6.66. The molecule has 1 nitrogen and oxygen atoms in total. The van der Waals surface area contributed by atoms with Crippen LogP contribution in [0.25, 0.3) is 0 Å². The summed E-state index contributed by atoms with van der Waals surface area (Å²) < 4.78 is 13.5. The molecule has 0 radical (unpaired) electrons. The van der Waals surface area contributed by atoms with Gasteiger partial charge in [-0.05, 0) is 67.1 Å². The van der Waals surface area contributed by atoms with Crippen LogP contribution in [0.5, 0.6) is 0 Å². The van der Waals surface area contributed by atoms with Crippen LogP contribution in [-0.4, -0.2) is 6.04 Å². The normalized spacial score (nSPS) is 24.9. The van der Waals surface area contributed by atoms with Crippen molar-refractivity contribution in [2.45, 2.75) is 58.9 Å². The predicted molar refractivity (Wildman–Crippen MR) is 88.0 cm³/mol. The molecule has 1 unspecified atom stereocenters. The van der Waals surface area contributed by atoms with E-state index in [0.29, 0.717) is 11.3 Å². The zero-order valence-corrected chi connectivity index (χ0v) is 14.1. The van der Waals surface area contributed by atoms with E-state index in [9.17, 15) is 4.39 Å². The van der Waals surface area contributed by atoms with Gasteiger partial charge >= 0.3 is 0 Å². The average molecular weight is 312 g/mol. The third kappa shape index (κ3) is 4.43. The first-order valence-corrected chi connectivity index (χ1v) is 8.34. The van der Waals surface area contributed by atoms with Crippen LogP contribution in [0.2, 0.25) is 5.02 Å². The van der Waals surface area contributed by atoms with Gasteiger partial charge in [0.25, 0.3) is 0 Å². The summed E-state index contributed by atoms with van der Waals surface area (Å²) in [4.78, 5) is 0. The molecule has 3 heteroatoms. The molecule has 1 aromatic rings. The minimum Gasteiger partial charge on any atom is -0.327 e. The van der Waals surface area contributed by atoms with E-state index in [1.54, 1.807) is 6.07 Å². The van der Waals surface area contributed by atoms with Crippen molar-refractivity contribution in [3.8, 4) is 0 Å². The van der Waals surface area contributed by atoms with Crippen molar-refractivity contribution in [2.75, 3.05) is 0 Å². The Morgan fingerprint density at radius 3 is 2.38 bits per heavy atom. The molecular weight excluding hydrogens is 285 g/mol. The van der Waals surface area contributed by atoms with Crippen LogP contribution in [0, 0.1) is 23.1 Å². The molecule has 1 atom stereocenters. The first-order valence-electron chi connectivity index (χ1n) is 7.97. The van der Waals surface area contributed by atoms with E-state index >= 15 is 0 Å². The largest absolute Gasteiger partial charge is 0.327 e. The number of rotatable bonds is 3. The minimum atomic E-state index is -0.349. The van der Waals surface area contributed by atoms with Gasteiger partial charge in [-0.2, -0.15) is 0 Å². The quantitative estimate of drug-likeness (QED) is 0.815. The van der Waals surface area contributed by atoms with Crippen LogP contribution in [0.4, 0.5) is 4.39 Å². The maximum Gasteiger partial charge on any atom is 0.142 e. The zero-order chi connectivity index (χ0) is 15.6. The first-order chi connectivity index (χ1) is 9.77. The van der Waals surface area contributed by atoms with E-state index in [1.807, 2.05) is 6.07 Å². The second-order valence-corrected chi connectivity index (χ2v) is 8.00. The Labute approximate surface area is 133 Å². The van der Waals surface area contributed by atoms with E-state index in [-0.39, 0.29) is 16.9 Å². The van der Waals surface area contributed by atoms with Gasteiger partial charge in [-0.25, -0.2) is 4.39 Å². The van der Waals surface area contributed by atoms with Crippen LogP contribution in [-0.2, 0) is 6.42 Å². The second-order valence-electron chi connectivity index (χ2n) is 7.59. The van der Waals surface area contributed by atoms with Gasteiger partial charge in [0.1, 0.15) is 5.82 Å². The number of benzene rings is 1. The van der Waals surface area contributed by atoms with Crippen molar-refractivity contribution < 1.29 is 4.39 Å². The molecule has 0 aromatic heterocycles. The molecule has 0 spiro atoms. The van der Waals surface area contributed by atoms with E-state index in [4.69, 9.17) is 17.3 Å². The molecule has 0 bridgehead atoms. The molecule has 0 amide bonds. The van der Waals surface area contributed by atoms with Crippen molar-refractivity contribution in [2.24, 2.45) is 23.0 Å². The van der Waals surface area contributed by atoms with Gasteiger partial charge in [0, 0.05) is 6.04 Å². The van der Waals surface area contributed by atoms with Crippen LogP contribution >= 0.6 is 11.6 Å². The van der Waals surface area contributed by atoms with Gasteiger partial charge in [-0.3, -0.25) is 0 Å². The Kier molecular flexibility index (Phi) is 5.32. The van der Waals surface area contributed by atoms with E-state index in [2.05, 4.69) is 20.8 Å². The lowest BCUT2D eigenvalue weighted by atomic mass is 9.68. The van der Waals surface area contributed by atoms with Crippen LogP contribution in [0.3, 0.4) is 0 Å². The fraction of sp³-hybridized carbons (Fsp3) is 0.667. The van der Waals surface area contributed by atoms with Crippen molar-refractivity contribution >= 4 is 11.6 Å². The maximum absolute atomic E-state index is 13.5. The number of halogens is 2. The fourth-order valence-corrected chi connectivity index (χ4v) is 3.64. The molecule has 0 saturated heterocycles. The Bertz CT molecular complexity index is 473. The molecule has 1 aliphatic carbocycles. The topological polar surface area (TPSA) is 26.0 Å². The summed E-state index contributed by atoms with van der Waals surface area (Å²) in [5.74, 6) is 1.01. The van der Waals surface area contributed by atoms with Crippen LogP contribution < -0.4 is 5.73 Å². The monoisotopic (exact) mass is 311 g/mol. The Hall–Kier alpha value is -0.600. The smallest absolute Gasteiger partial charge is 0.142 e. The Balaban J connectivity index is 1.90. The Morgan fingerprint density at radius 1 is 1.24 bits per heavy atom. The molecule has 2 rings (SSSR count). The third-order valence-corrected chi connectivity index (χ3v) is 5.36. The van der Waals surface area contributed by atoms with Crippen molar-refractivity contribution in [1.82, 2.24) is 0 Å². The van der Waals surface area contributed by atoms with Crippen molar-refractivity contribution in [3.63, 3.8) is 0 Å². The van der Waals surface area contributed by atoms with Crippen molar-refractivity contribution in [3.05, 3.63) is 34.6 Å². The van der Waals surface area contributed by atoms with Crippen LogP contribution in [0.15, 0.2) is 18.2 Å². The molecular formula is C18H27ClFN. The maximum atomic E-state index is 13.5. The molecule has 1 fully saturated rings. The molecule has 0 heterocycles. The van der Waals surface area contributed by atoms with Crippen LogP contribution in [0.1, 0.15) is 52.0 Å². The number of hydrogen-bond acceptors (Lipinski definition) is 1. The summed E-state index contributed by atoms with van der Waals surface area (Å²) in [5.41, 5.74) is 7.71. The predicted octanol–water partition coefficient (Wildman–Crippen LogP) is 5.20. The highest BCUT2D eigenvalue weighted by molar-refractivity contribution is 6.30. The SMILES string of the molecule is CC(C)(C)C1CCC(C(N)Cc2ccc(Cl)c(F)c2)CC1. The highest BCUT2D eigenvalue weighted by Crippen LogP contribution is 2.40. The molecule has 1 saturated carbocycles. The molecule has 2 N–H and O–H groups in total. The van der Waals surface area contributed by atoms with Gasteiger partial charge in [0.05, 0.1) is 5.02 Å². The zero-order valence-electron chi connectivity index (χ0n) is 13.3. The number of nitrogens with two attached hydrogens (primary N) is 1. The Morgan fingerprint density at radius 2 is 1.86 bits per heavy atom. The lowest BCUT2D eigenvalue weighted by molar-refractivity contribution is 0.139. The van der Waals surface area contributed by atoms with Gasteiger partial charge in [-0.1, -0.05) is 38.4 Å². The summed E-state index contributed by atoms with van der Waals surface area (Å²) >= 11 is 5.72. The van der Waals surface area contributed by atoms with Gasteiger partial charge in [0.15, 0.2) is 0 Å². The number of hydrogen-bond donors (Lipinski definition) is 1. The van der Waals surface area contributed by atoms with Crippen molar-refractivity contribution in [1.29, 1.82) is 0 Å². The van der Waals surface area contributed by atoms with E-state index in [1.165, 1.54) is 31.7 Å². The molecule has 0 aliphatic heterocycles. The lowest BCUT2D eigenvalue weighted by Gasteiger charge is -2.38. The summed E-state index contributed by atoms with van der Waals surface area (Å²) in [5, 5.41) is 0.179. The van der Waals surface area contributed by atoms with E-state index < -0.39 is 0 Å². The average Bonchev–Trinajstić information content (AvgIpc) is 2.42. The molecule has 1 aliphatic rings. The molecule has 21 heavy (non-hydrogen) atoms. The van der Waals surface area contributed by atoms with Gasteiger partial charge < -0.3 is 5.73 Å². The highest BCUT2D eigenvalue weighted by Gasteiger charge is 2.31. The standard InChI is InChI=1S/C18H27ClFN/c1-18(2,3)14-7-5-13(6-8-14)17(21)11-12-4-9-15(19)16(20)10-12/h4,9-10,13-14,17H,5-8,11,21H2,1-3H3. The lowest BCUT2D eigenvalue weighted by Crippen LogP contribution is -2.36. The fourth-order valence-electron chi connectivity index (χ4n) is 3.52. The minimum absolute atomic E-state index is 0.117. The molecule has 1 aromatic carbocycles. The summed E-state index contributed by atoms with van der Waals surface area (Å²) in [6.45, 7) is 6.98. The highest BCUT2D eigenvalue weighted by atomic mass is 35.5. The summed E-state index contributed by atoms with van der Waals surface area (Å²) in [6, 6.07) is 5.14. The third-order valence-electron chi connectivity index (χ3n) is 5.06. The summed E-state index contributed by atoms with van der Waals surface area (Å²) in [7, 11) is 0. The van der Waals surface area contributed by atoms with Gasteiger partial charge in [0.2, 0.25) is 0 Å². The molecule has 118 valence electrons. The van der Waals surface area contributed by atoms with E-state index in [0.717, 1.165) is 17.9 Å². The first kappa shape index (κ1) is 16.8. The van der Waals surface area contributed by atoms with Gasteiger partial charge in [-0.15, -0.1) is 0 Å².